The van der Waals surface area contributed by atoms with Gasteiger partial charge < -0.3 is 20.4 Å². The van der Waals surface area contributed by atoms with Gasteiger partial charge in [-0.15, -0.1) is 0 Å². The van der Waals surface area contributed by atoms with Crippen LogP contribution in [0.2, 0.25) is 0 Å². The molecule has 2 aliphatic rings. The van der Waals surface area contributed by atoms with E-state index >= 15 is 0 Å². The largest absolute Gasteiger partial charge is 0.356 e. The second kappa shape index (κ2) is 9.38. The maximum absolute atomic E-state index is 11.8. The van der Waals surface area contributed by atoms with Crippen LogP contribution >= 0.6 is 0 Å². The summed E-state index contributed by atoms with van der Waals surface area (Å²) in [7, 11) is 2.18. The first-order chi connectivity index (χ1) is 10.2. The fraction of sp³-hybridized carbons (Fsp3) is 0.938. The second-order valence-electron chi connectivity index (χ2n) is 6.53. The van der Waals surface area contributed by atoms with Gasteiger partial charge in [0.25, 0.3) is 0 Å². The second-order valence-corrected chi connectivity index (χ2v) is 6.53. The number of rotatable bonds is 7. The summed E-state index contributed by atoms with van der Waals surface area (Å²) in [4.78, 5) is 16.7. The number of nitrogens with one attached hydrogen (secondary N) is 2. The average molecular weight is 296 g/mol. The Morgan fingerprint density at radius 3 is 2.76 bits per heavy atom. The van der Waals surface area contributed by atoms with Gasteiger partial charge in [-0.25, -0.2) is 0 Å². The Hall–Kier alpha value is -0.650. The molecule has 1 amide bonds. The third-order valence-corrected chi connectivity index (χ3v) is 4.70. The van der Waals surface area contributed by atoms with Crippen LogP contribution in [0.5, 0.6) is 0 Å². The zero-order valence-corrected chi connectivity index (χ0v) is 13.6. The Balaban J connectivity index is 1.45. The van der Waals surface area contributed by atoms with Gasteiger partial charge in [0.1, 0.15) is 0 Å². The molecule has 0 aromatic carbocycles. The molecule has 5 heteroatoms. The molecule has 2 rings (SSSR count). The van der Waals surface area contributed by atoms with Crippen molar-refractivity contribution in [3.8, 4) is 0 Å². The summed E-state index contributed by atoms with van der Waals surface area (Å²) in [6, 6.07) is 0.565. The number of nitrogens with zero attached hydrogens (tertiary/aromatic N) is 2. The van der Waals surface area contributed by atoms with E-state index in [-0.39, 0.29) is 5.91 Å². The lowest BCUT2D eigenvalue weighted by Gasteiger charge is -2.32. The molecule has 1 atom stereocenters. The number of likely N-dealkylation sites (N-methyl/N-ethyl adjacent to an activating group) is 1. The summed E-state index contributed by atoms with van der Waals surface area (Å²) in [6.07, 6.45) is 6.56. The summed E-state index contributed by atoms with van der Waals surface area (Å²) in [6.45, 7) is 7.72. The normalized spacial score (nSPS) is 24.9. The molecule has 2 heterocycles. The number of piperidine rings is 1. The van der Waals surface area contributed by atoms with Crippen LogP contribution in [0, 0.1) is 0 Å². The lowest BCUT2D eigenvalue weighted by molar-refractivity contribution is -0.121. The highest BCUT2D eigenvalue weighted by molar-refractivity contribution is 5.75. The predicted molar refractivity (Wildman–Crippen MR) is 86.4 cm³/mol. The first kappa shape index (κ1) is 16.7. The molecule has 1 unspecified atom stereocenters. The van der Waals surface area contributed by atoms with E-state index in [9.17, 15) is 4.79 Å². The zero-order chi connectivity index (χ0) is 14.9. The van der Waals surface area contributed by atoms with Gasteiger partial charge in [-0.2, -0.15) is 0 Å². The molecule has 0 spiro atoms. The molecule has 2 fully saturated rings. The maximum atomic E-state index is 11.8. The topological polar surface area (TPSA) is 47.6 Å². The van der Waals surface area contributed by atoms with Gasteiger partial charge in [-0.05, 0) is 45.8 Å². The molecule has 2 N–H and O–H groups in total. The van der Waals surface area contributed by atoms with Crippen LogP contribution in [0.4, 0.5) is 0 Å². The number of piperazine rings is 1. The zero-order valence-electron chi connectivity index (χ0n) is 13.6. The summed E-state index contributed by atoms with van der Waals surface area (Å²) < 4.78 is 0. The number of amides is 1. The number of hydrogen-bond donors (Lipinski definition) is 2. The highest BCUT2D eigenvalue weighted by Crippen LogP contribution is 2.11. The van der Waals surface area contributed by atoms with Crippen LogP contribution in [-0.2, 0) is 4.79 Å². The number of carbonyl (C=O) groups is 1. The summed E-state index contributed by atoms with van der Waals surface area (Å²) in [5.41, 5.74) is 0. The van der Waals surface area contributed by atoms with E-state index in [1.807, 2.05) is 0 Å². The lowest BCUT2D eigenvalue weighted by Crippen LogP contribution is -2.45. The van der Waals surface area contributed by atoms with Crippen LogP contribution in [0.25, 0.3) is 0 Å². The Kier molecular flexibility index (Phi) is 7.47. The first-order valence-electron chi connectivity index (χ1n) is 8.65. The number of carbonyl (C=O) groups excluding carboxylic acids is 1. The lowest BCUT2D eigenvalue weighted by atomic mass is 10.0. The summed E-state index contributed by atoms with van der Waals surface area (Å²) in [5.74, 6) is 0.223. The van der Waals surface area contributed by atoms with E-state index in [2.05, 4.69) is 27.5 Å². The molecular weight excluding hydrogens is 264 g/mol. The Bertz CT molecular complexity index is 297. The predicted octanol–water partition coefficient (Wildman–Crippen LogP) is 0.662. The molecule has 0 aromatic heterocycles. The molecule has 0 aliphatic carbocycles. The van der Waals surface area contributed by atoms with Crippen molar-refractivity contribution in [3.63, 3.8) is 0 Å². The van der Waals surface area contributed by atoms with Gasteiger partial charge in [-0.3, -0.25) is 4.79 Å². The molecule has 122 valence electrons. The van der Waals surface area contributed by atoms with Gasteiger partial charge in [-0.1, -0.05) is 6.42 Å². The Morgan fingerprint density at radius 1 is 1.24 bits per heavy atom. The molecule has 2 saturated heterocycles. The molecule has 21 heavy (non-hydrogen) atoms. The van der Waals surface area contributed by atoms with Gasteiger partial charge >= 0.3 is 0 Å². The third kappa shape index (κ3) is 6.76. The standard InChI is InChI=1S/C16H32N4O/c1-19-11-13-20(14-12-19)10-4-9-18-16(21)7-6-15-5-2-3-8-17-15/h15,17H,2-14H2,1H3,(H,18,21). The highest BCUT2D eigenvalue weighted by atomic mass is 16.1. The van der Waals surface area contributed by atoms with Gasteiger partial charge in [0.2, 0.25) is 5.91 Å². The highest BCUT2D eigenvalue weighted by Gasteiger charge is 2.14. The molecule has 0 saturated carbocycles. The Morgan fingerprint density at radius 2 is 2.05 bits per heavy atom. The number of hydrogen-bond acceptors (Lipinski definition) is 4. The minimum atomic E-state index is 0.223. The van der Waals surface area contributed by atoms with E-state index in [0.717, 1.165) is 45.6 Å². The molecule has 0 bridgehead atoms. The molecule has 2 aliphatic heterocycles. The van der Waals surface area contributed by atoms with Crippen molar-refractivity contribution in [1.82, 2.24) is 20.4 Å². The van der Waals surface area contributed by atoms with Gasteiger partial charge in [0.15, 0.2) is 0 Å². The van der Waals surface area contributed by atoms with Crippen molar-refractivity contribution in [3.05, 3.63) is 0 Å². The van der Waals surface area contributed by atoms with Crippen LogP contribution < -0.4 is 10.6 Å². The van der Waals surface area contributed by atoms with Crippen LogP contribution in [0.1, 0.15) is 38.5 Å². The van der Waals surface area contributed by atoms with Gasteiger partial charge in [0.05, 0.1) is 0 Å². The minimum absolute atomic E-state index is 0.223. The SMILES string of the molecule is CN1CCN(CCCNC(=O)CCC2CCCCN2)CC1. The van der Waals surface area contributed by atoms with E-state index in [1.165, 1.54) is 32.4 Å². The minimum Gasteiger partial charge on any atom is -0.356 e. The van der Waals surface area contributed by atoms with Crippen molar-refractivity contribution in [2.45, 2.75) is 44.6 Å². The van der Waals surface area contributed by atoms with E-state index in [4.69, 9.17) is 0 Å². The fourth-order valence-electron chi connectivity index (χ4n) is 3.17. The maximum Gasteiger partial charge on any atom is 0.220 e. The van der Waals surface area contributed by atoms with Crippen molar-refractivity contribution >= 4 is 5.91 Å². The molecular formula is C16H32N4O. The van der Waals surface area contributed by atoms with Crippen molar-refractivity contribution in [2.75, 3.05) is 52.9 Å². The monoisotopic (exact) mass is 296 g/mol. The van der Waals surface area contributed by atoms with Crippen LogP contribution in [0.3, 0.4) is 0 Å². The van der Waals surface area contributed by atoms with E-state index in [1.54, 1.807) is 0 Å². The third-order valence-electron chi connectivity index (χ3n) is 4.70. The first-order valence-corrected chi connectivity index (χ1v) is 8.65. The van der Waals surface area contributed by atoms with Crippen molar-refractivity contribution in [2.24, 2.45) is 0 Å². The average Bonchev–Trinajstić information content (AvgIpc) is 2.52. The van der Waals surface area contributed by atoms with Gasteiger partial charge in [0, 0.05) is 45.2 Å². The van der Waals surface area contributed by atoms with E-state index < -0.39 is 0 Å². The summed E-state index contributed by atoms with van der Waals surface area (Å²) >= 11 is 0. The van der Waals surface area contributed by atoms with Crippen molar-refractivity contribution < 1.29 is 4.79 Å². The molecule has 5 nitrogen and oxygen atoms in total. The summed E-state index contributed by atoms with van der Waals surface area (Å²) in [5, 5.41) is 6.56. The quantitative estimate of drug-likeness (QED) is 0.678. The molecule has 0 aromatic rings. The van der Waals surface area contributed by atoms with Crippen LogP contribution in [0.15, 0.2) is 0 Å². The van der Waals surface area contributed by atoms with Crippen molar-refractivity contribution in [1.29, 1.82) is 0 Å². The smallest absolute Gasteiger partial charge is 0.220 e. The molecule has 0 radical (unpaired) electrons. The fourth-order valence-corrected chi connectivity index (χ4v) is 3.17. The van der Waals surface area contributed by atoms with E-state index in [0.29, 0.717) is 12.5 Å². The van der Waals surface area contributed by atoms with Crippen LogP contribution in [-0.4, -0.2) is 74.6 Å². The Labute approximate surface area is 129 Å².